The first kappa shape index (κ1) is 19.4. The number of carbonyl (C=O) groups is 1. The van der Waals surface area contributed by atoms with Crippen molar-refractivity contribution in [3.63, 3.8) is 0 Å². The number of aromatic nitrogens is 1. The van der Waals surface area contributed by atoms with Gasteiger partial charge in [-0.05, 0) is 43.7 Å². The first-order valence-corrected chi connectivity index (χ1v) is 9.91. The second-order valence-electron chi connectivity index (χ2n) is 7.02. The van der Waals surface area contributed by atoms with Crippen molar-refractivity contribution >= 4 is 11.7 Å². The highest BCUT2D eigenvalue weighted by atomic mass is 16.5. The first-order valence-electron chi connectivity index (χ1n) is 9.91. The van der Waals surface area contributed by atoms with Crippen molar-refractivity contribution in [1.82, 2.24) is 9.88 Å². The first-order chi connectivity index (χ1) is 13.3. The van der Waals surface area contributed by atoms with Gasteiger partial charge in [0, 0.05) is 50.2 Å². The lowest BCUT2D eigenvalue weighted by atomic mass is 10.1. The Morgan fingerprint density at radius 2 is 1.93 bits per heavy atom. The average molecular weight is 367 g/mol. The third-order valence-corrected chi connectivity index (χ3v) is 5.06. The summed E-state index contributed by atoms with van der Waals surface area (Å²) in [4.78, 5) is 21.1. The van der Waals surface area contributed by atoms with Gasteiger partial charge in [0.1, 0.15) is 5.75 Å². The number of anilines is 1. The largest absolute Gasteiger partial charge is 0.427 e. The fraction of sp³-hybridized carbons (Fsp3) is 0.455. The third-order valence-electron chi connectivity index (χ3n) is 5.06. The summed E-state index contributed by atoms with van der Waals surface area (Å²) in [5, 5.41) is 0. The number of para-hydroxylation sites is 1. The Bertz CT molecular complexity index is 693. The Morgan fingerprint density at radius 1 is 1.15 bits per heavy atom. The van der Waals surface area contributed by atoms with E-state index in [1.165, 1.54) is 18.5 Å². The van der Waals surface area contributed by atoms with Gasteiger partial charge in [-0.1, -0.05) is 31.5 Å². The molecule has 2 heterocycles. The van der Waals surface area contributed by atoms with Crippen molar-refractivity contribution in [3.8, 4) is 5.75 Å². The van der Waals surface area contributed by atoms with Crippen LogP contribution in [0.1, 0.15) is 32.6 Å². The summed E-state index contributed by atoms with van der Waals surface area (Å²) in [6.45, 7) is 6.26. The maximum Gasteiger partial charge on any atom is 0.311 e. The summed E-state index contributed by atoms with van der Waals surface area (Å²) in [7, 11) is 0. The molecule has 0 amide bonds. The van der Waals surface area contributed by atoms with Gasteiger partial charge in [-0.3, -0.25) is 14.7 Å². The molecule has 0 N–H and O–H groups in total. The molecule has 3 rings (SSSR count). The zero-order valence-corrected chi connectivity index (χ0v) is 16.1. The van der Waals surface area contributed by atoms with E-state index in [1.807, 2.05) is 42.7 Å². The molecular formula is C22H29N3O2. The van der Waals surface area contributed by atoms with Crippen LogP contribution in [0.5, 0.6) is 5.75 Å². The summed E-state index contributed by atoms with van der Waals surface area (Å²) < 4.78 is 5.38. The number of nitrogens with zero attached hydrogens (tertiary/aromatic N) is 3. The van der Waals surface area contributed by atoms with Gasteiger partial charge in [0.25, 0.3) is 0 Å². The van der Waals surface area contributed by atoms with Gasteiger partial charge in [0.2, 0.25) is 0 Å². The van der Waals surface area contributed by atoms with Crippen molar-refractivity contribution in [2.45, 2.75) is 38.6 Å². The van der Waals surface area contributed by atoms with Crippen LogP contribution in [0.4, 0.5) is 5.69 Å². The molecule has 144 valence electrons. The van der Waals surface area contributed by atoms with Gasteiger partial charge in [0.05, 0.1) is 0 Å². The number of piperazine rings is 1. The number of pyridine rings is 1. The molecule has 5 nitrogen and oxygen atoms in total. The predicted molar refractivity (Wildman–Crippen MR) is 108 cm³/mol. The summed E-state index contributed by atoms with van der Waals surface area (Å²) >= 11 is 0. The van der Waals surface area contributed by atoms with Crippen molar-refractivity contribution in [2.24, 2.45) is 0 Å². The van der Waals surface area contributed by atoms with Crippen molar-refractivity contribution in [3.05, 3.63) is 54.9 Å². The van der Waals surface area contributed by atoms with Crippen LogP contribution in [0.3, 0.4) is 0 Å². The standard InChI is InChI=1S/C22H29N3O2/c1-2-7-20-18-25(19-11-13-23-14-12-19)17-16-24(20)15-6-10-22(26)27-21-8-4-3-5-9-21/h3-5,8-9,11-14,20H,2,6-7,10,15-18H2,1H3. The van der Waals surface area contributed by atoms with Crippen LogP contribution in [0, 0.1) is 0 Å². The fourth-order valence-electron chi connectivity index (χ4n) is 3.68. The monoisotopic (exact) mass is 367 g/mol. The maximum atomic E-state index is 12.0. The van der Waals surface area contributed by atoms with E-state index in [0.717, 1.165) is 32.6 Å². The Balaban J connectivity index is 1.47. The van der Waals surface area contributed by atoms with Crippen LogP contribution in [-0.2, 0) is 4.79 Å². The van der Waals surface area contributed by atoms with E-state index >= 15 is 0 Å². The quantitative estimate of drug-likeness (QED) is 0.525. The molecule has 5 heteroatoms. The SMILES string of the molecule is CCCC1CN(c2ccncc2)CCN1CCCC(=O)Oc1ccccc1. The third kappa shape index (κ3) is 5.79. The predicted octanol–water partition coefficient (Wildman–Crippen LogP) is 3.76. The van der Waals surface area contributed by atoms with E-state index in [9.17, 15) is 4.79 Å². The number of carbonyl (C=O) groups excluding carboxylic acids is 1. The molecule has 1 atom stereocenters. The lowest BCUT2D eigenvalue weighted by Gasteiger charge is -2.42. The zero-order chi connectivity index (χ0) is 18.9. The van der Waals surface area contributed by atoms with Crippen LogP contribution < -0.4 is 9.64 Å². The summed E-state index contributed by atoms with van der Waals surface area (Å²) in [6.07, 6.45) is 7.35. The molecule has 1 unspecified atom stereocenters. The Morgan fingerprint density at radius 3 is 2.67 bits per heavy atom. The Kier molecular flexibility index (Phi) is 7.22. The molecule has 1 aromatic carbocycles. The lowest BCUT2D eigenvalue weighted by Crippen LogP contribution is -2.53. The van der Waals surface area contributed by atoms with Crippen LogP contribution in [0.25, 0.3) is 0 Å². The summed E-state index contributed by atoms with van der Waals surface area (Å²) in [6, 6.07) is 14.0. The van der Waals surface area contributed by atoms with Crippen molar-refractivity contribution < 1.29 is 9.53 Å². The lowest BCUT2D eigenvalue weighted by molar-refractivity contribution is -0.134. The molecule has 0 radical (unpaired) electrons. The topological polar surface area (TPSA) is 45.7 Å². The Labute approximate surface area is 162 Å². The van der Waals surface area contributed by atoms with Crippen LogP contribution >= 0.6 is 0 Å². The van der Waals surface area contributed by atoms with Gasteiger partial charge in [0.15, 0.2) is 0 Å². The minimum Gasteiger partial charge on any atom is -0.427 e. The minimum atomic E-state index is -0.149. The molecule has 0 aliphatic carbocycles. The van der Waals surface area contributed by atoms with E-state index in [-0.39, 0.29) is 5.97 Å². The zero-order valence-electron chi connectivity index (χ0n) is 16.1. The van der Waals surface area contributed by atoms with Crippen LogP contribution in [0.15, 0.2) is 54.9 Å². The van der Waals surface area contributed by atoms with E-state index in [0.29, 0.717) is 18.2 Å². The number of ether oxygens (including phenoxy) is 1. The van der Waals surface area contributed by atoms with Gasteiger partial charge in [-0.25, -0.2) is 0 Å². The molecule has 0 bridgehead atoms. The second-order valence-corrected chi connectivity index (χ2v) is 7.02. The van der Waals surface area contributed by atoms with E-state index in [1.54, 1.807) is 0 Å². The molecule has 1 aliphatic heterocycles. The molecular weight excluding hydrogens is 338 g/mol. The number of esters is 1. The fourth-order valence-corrected chi connectivity index (χ4v) is 3.68. The molecule has 2 aromatic rings. The summed E-state index contributed by atoms with van der Waals surface area (Å²) in [5.74, 6) is 0.473. The highest BCUT2D eigenvalue weighted by Crippen LogP contribution is 2.21. The molecule has 1 fully saturated rings. The van der Waals surface area contributed by atoms with E-state index in [4.69, 9.17) is 4.74 Å². The number of hydrogen-bond acceptors (Lipinski definition) is 5. The Hall–Kier alpha value is -2.40. The van der Waals surface area contributed by atoms with Crippen molar-refractivity contribution in [1.29, 1.82) is 0 Å². The summed E-state index contributed by atoms with van der Waals surface area (Å²) in [5.41, 5.74) is 1.25. The number of hydrogen-bond donors (Lipinski definition) is 0. The minimum absolute atomic E-state index is 0.149. The smallest absolute Gasteiger partial charge is 0.311 e. The van der Waals surface area contributed by atoms with Crippen LogP contribution in [-0.4, -0.2) is 48.1 Å². The van der Waals surface area contributed by atoms with Gasteiger partial charge in [-0.15, -0.1) is 0 Å². The highest BCUT2D eigenvalue weighted by Gasteiger charge is 2.26. The van der Waals surface area contributed by atoms with E-state index < -0.39 is 0 Å². The van der Waals surface area contributed by atoms with Crippen molar-refractivity contribution in [2.75, 3.05) is 31.1 Å². The van der Waals surface area contributed by atoms with Crippen LogP contribution in [0.2, 0.25) is 0 Å². The number of rotatable bonds is 8. The molecule has 1 aromatic heterocycles. The highest BCUT2D eigenvalue weighted by molar-refractivity contribution is 5.72. The molecule has 1 aliphatic rings. The molecule has 27 heavy (non-hydrogen) atoms. The number of benzene rings is 1. The molecule has 0 spiro atoms. The molecule has 1 saturated heterocycles. The second kappa shape index (κ2) is 10.1. The van der Waals surface area contributed by atoms with E-state index in [2.05, 4.69) is 33.8 Å². The maximum absolute atomic E-state index is 12.0. The molecule has 0 saturated carbocycles. The van der Waals surface area contributed by atoms with Gasteiger partial charge < -0.3 is 9.64 Å². The van der Waals surface area contributed by atoms with Gasteiger partial charge >= 0.3 is 5.97 Å². The van der Waals surface area contributed by atoms with Gasteiger partial charge in [-0.2, -0.15) is 0 Å². The normalized spacial score (nSPS) is 17.7. The average Bonchev–Trinajstić information content (AvgIpc) is 2.71.